The molecule has 0 saturated carbocycles. The van der Waals surface area contributed by atoms with Crippen molar-refractivity contribution in [3.8, 4) is 0 Å². The molecule has 2 aliphatic rings. The Morgan fingerprint density at radius 1 is 1.29 bits per heavy atom. The zero-order valence-corrected chi connectivity index (χ0v) is 16.5. The van der Waals surface area contributed by atoms with Crippen molar-refractivity contribution in [2.24, 2.45) is 10.9 Å². The van der Waals surface area contributed by atoms with Crippen molar-refractivity contribution in [3.05, 3.63) is 57.5 Å². The van der Waals surface area contributed by atoms with Gasteiger partial charge in [0, 0.05) is 17.1 Å². The fraction of sp³-hybridized carbons (Fsp3) is 0.476. The predicted molar refractivity (Wildman–Crippen MR) is 109 cm³/mol. The third-order valence-corrected chi connectivity index (χ3v) is 5.37. The average molecular weight is 343 g/mol. The number of hydrogen-bond donors (Lipinski definition) is 0. The Kier molecular flexibility index (Phi) is 7.16. The van der Waals surface area contributed by atoms with Crippen LogP contribution < -0.4 is 0 Å². The minimum atomic E-state index is 0.677. The summed E-state index contributed by atoms with van der Waals surface area (Å²) >= 11 is 1.77. The maximum Gasteiger partial charge on any atom is 0.142 e. The molecule has 0 bridgehead atoms. The van der Waals surface area contributed by atoms with E-state index in [2.05, 4.69) is 75.3 Å². The average Bonchev–Trinajstić information content (AvgIpc) is 2.96. The number of aliphatic imine (C=N–C) groups is 1. The van der Waals surface area contributed by atoms with Gasteiger partial charge in [-0.1, -0.05) is 56.0 Å². The highest BCUT2D eigenvalue weighted by atomic mass is 32.2. The lowest BCUT2D eigenvalue weighted by Crippen LogP contribution is -2.32. The van der Waals surface area contributed by atoms with Crippen LogP contribution in [0.3, 0.4) is 0 Å². The van der Waals surface area contributed by atoms with Crippen LogP contribution in [-0.2, 0) is 0 Å². The zero-order valence-electron chi connectivity index (χ0n) is 15.7. The topological polar surface area (TPSA) is 15.6 Å². The Hall–Kier alpha value is -1.48. The van der Waals surface area contributed by atoms with E-state index in [0.717, 1.165) is 31.8 Å². The lowest BCUT2D eigenvalue weighted by atomic mass is 9.98. The minimum absolute atomic E-state index is 0.677. The lowest BCUT2D eigenvalue weighted by Gasteiger charge is -2.30. The van der Waals surface area contributed by atoms with E-state index in [-0.39, 0.29) is 0 Å². The summed E-state index contributed by atoms with van der Waals surface area (Å²) in [4.78, 5) is 8.70. The SMILES string of the molecule is C/C=C\S/C(=C/C)C1=NCC(C(/C=C\C)=C/CC)=C2CC(C)CN12. The van der Waals surface area contributed by atoms with Gasteiger partial charge in [0.15, 0.2) is 0 Å². The van der Waals surface area contributed by atoms with E-state index in [1.54, 1.807) is 11.8 Å². The summed E-state index contributed by atoms with van der Waals surface area (Å²) in [7, 11) is 0. The first-order valence-electron chi connectivity index (χ1n) is 8.97. The van der Waals surface area contributed by atoms with Crippen molar-refractivity contribution in [1.82, 2.24) is 4.90 Å². The molecule has 3 heteroatoms. The summed E-state index contributed by atoms with van der Waals surface area (Å²) in [5.74, 6) is 1.83. The largest absolute Gasteiger partial charge is 0.329 e. The number of hydrogen-bond acceptors (Lipinski definition) is 3. The summed E-state index contributed by atoms with van der Waals surface area (Å²) in [6.07, 6.45) is 13.2. The maximum atomic E-state index is 4.98. The van der Waals surface area contributed by atoms with Crippen molar-refractivity contribution in [2.45, 2.75) is 47.5 Å². The molecule has 0 aromatic heterocycles. The molecule has 0 aromatic rings. The number of nitrogens with zero attached hydrogens (tertiary/aromatic N) is 2. The number of allylic oxidation sites excluding steroid dienone is 6. The van der Waals surface area contributed by atoms with Crippen molar-refractivity contribution < 1.29 is 0 Å². The van der Waals surface area contributed by atoms with Crippen LogP contribution in [0.15, 0.2) is 62.5 Å². The van der Waals surface area contributed by atoms with E-state index in [1.807, 2.05) is 0 Å². The molecule has 0 aromatic carbocycles. The van der Waals surface area contributed by atoms with Crippen molar-refractivity contribution in [3.63, 3.8) is 0 Å². The first-order valence-corrected chi connectivity index (χ1v) is 9.85. The fourth-order valence-electron chi connectivity index (χ4n) is 3.31. The van der Waals surface area contributed by atoms with Gasteiger partial charge in [-0.25, -0.2) is 0 Å². The monoisotopic (exact) mass is 342 g/mol. The minimum Gasteiger partial charge on any atom is -0.329 e. The van der Waals surface area contributed by atoms with Crippen LogP contribution in [0.1, 0.15) is 47.5 Å². The van der Waals surface area contributed by atoms with E-state index in [9.17, 15) is 0 Å². The Morgan fingerprint density at radius 3 is 2.71 bits per heavy atom. The molecule has 0 aliphatic carbocycles. The molecule has 0 radical (unpaired) electrons. The van der Waals surface area contributed by atoms with Gasteiger partial charge in [-0.3, -0.25) is 4.99 Å². The molecule has 2 heterocycles. The van der Waals surface area contributed by atoms with Gasteiger partial charge in [0.25, 0.3) is 0 Å². The first-order chi connectivity index (χ1) is 11.7. The van der Waals surface area contributed by atoms with Crippen LogP contribution in [-0.4, -0.2) is 23.8 Å². The third-order valence-electron chi connectivity index (χ3n) is 4.29. The van der Waals surface area contributed by atoms with Crippen LogP contribution in [0.25, 0.3) is 0 Å². The molecule has 1 atom stereocenters. The molecule has 2 aliphatic heterocycles. The summed E-state index contributed by atoms with van der Waals surface area (Å²) in [6.45, 7) is 12.7. The fourth-order valence-corrected chi connectivity index (χ4v) is 4.01. The van der Waals surface area contributed by atoms with Gasteiger partial charge in [-0.05, 0) is 56.1 Å². The number of rotatable bonds is 6. The molecular weight excluding hydrogens is 312 g/mol. The Morgan fingerprint density at radius 2 is 2.08 bits per heavy atom. The molecule has 24 heavy (non-hydrogen) atoms. The van der Waals surface area contributed by atoms with Gasteiger partial charge in [0.2, 0.25) is 0 Å². The smallest absolute Gasteiger partial charge is 0.142 e. The predicted octanol–water partition coefficient (Wildman–Crippen LogP) is 6.08. The normalized spacial score (nSPS) is 22.8. The summed E-state index contributed by atoms with van der Waals surface area (Å²) in [5, 5.41) is 2.14. The maximum absolute atomic E-state index is 4.98. The third kappa shape index (κ3) is 4.13. The highest BCUT2D eigenvalue weighted by Crippen LogP contribution is 2.38. The standard InChI is InChI=1S/C21H30N2S/c1-6-10-17(11-7-2)18-14-22-21(20(9-4)24-12-8-3)23-15-16(5)13-19(18)23/h6,8-12,16H,7,13-15H2,1-5H3/b10-6-,12-8-,17-11+,20-9+. The molecule has 1 fully saturated rings. The molecule has 0 amide bonds. The van der Waals surface area contributed by atoms with Crippen LogP contribution in [0.2, 0.25) is 0 Å². The van der Waals surface area contributed by atoms with Gasteiger partial charge in [-0.2, -0.15) is 0 Å². The molecule has 1 saturated heterocycles. The zero-order chi connectivity index (χ0) is 17.5. The Balaban J connectivity index is 2.40. The van der Waals surface area contributed by atoms with Crippen LogP contribution >= 0.6 is 11.8 Å². The van der Waals surface area contributed by atoms with Crippen molar-refractivity contribution in [1.29, 1.82) is 0 Å². The summed E-state index contributed by atoms with van der Waals surface area (Å²) < 4.78 is 0. The van der Waals surface area contributed by atoms with Gasteiger partial charge in [0.05, 0.1) is 6.54 Å². The molecule has 0 N–H and O–H groups in total. The van der Waals surface area contributed by atoms with Gasteiger partial charge in [-0.15, -0.1) is 0 Å². The number of fused-ring (bicyclic) bond motifs is 1. The van der Waals surface area contributed by atoms with E-state index < -0.39 is 0 Å². The van der Waals surface area contributed by atoms with E-state index in [0.29, 0.717) is 5.92 Å². The molecule has 0 spiro atoms. The highest BCUT2D eigenvalue weighted by Gasteiger charge is 2.33. The molecule has 2 nitrogen and oxygen atoms in total. The second-order valence-electron chi connectivity index (χ2n) is 6.29. The van der Waals surface area contributed by atoms with Crippen LogP contribution in [0.4, 0.5) is 0 Å². The molecular formula is C21H30N2S. The molecule has 1 unspecified atom stereocenters. The summed E-state index contributed by atoms with van der Waals surface area (Å²) in [5.41, 5.74) is 4.24. The van der Waals surface area contributed by atoms with Crippen molar-refractivity contribution >= 4 is 17.6 Å². The van der Waals surface area contributed by atoms with Crippen molar-refractivity contribution in [2.75, 3.05) is 13.1 Å². The lowest BCUT2D eigenvalue weighted by molar-refractivity contribution is 0.521. The van der Waals surface area contributed by atoms with Gasteiger partial charge in [0.1, 0.15) is 5.84 Å². The quantitative estimate of drug-likeness (QED) is 0.544. The second-order valence-corrected chi connectivity index (χ2v) is 7.24. The number of thioether (sulfide) groups is 1. The molecule has 2 rings (SSSR count). The van der Waals surface area contributed by atoms with Gasteiger partial charge < -0.3 is 4.90 Å². The Bertz CT molecular complexity index is 632. The van der Waals surface area contributed by atoms with E-state index in [1.165, 1.54) is 21.7 Å². The van der Waals surface area contributed by atoms with Gasteiger partial charge >= 0.3 is 0 Å². The first kappa shape index (κ1) is 18.9. The molecule has 130 valence electrons. The van der Waals surface area contributed by atoms with E-state index >= 15 is 0 Å². The highest BCUT2D eigenvalue weighted by molar-refractivity contribution is 8.06. The Labute approximate surface area is 151 Å². The second kappa shape index (κ2) is 9.12. The van der Waals surface area contributed by atoms with E-state index in [4.69, 9.17) is 4.99 Å². The summed E-state index contributed by atoms with van der Waals surface area (Å²) in [6, 6.07) is 0. The van der Waals surface area contributed by atoms with Crippen LogP contribution in [0, 0.1) is 5.92 Å². The number of amidine groups is 1. The van der Waals surface area contributed by atoms with Crippen LogP contribution in [0.5, 0.6) is 0 Å².